The van der Waals surface area contributed by atoms with Crippen molar-refractivity contribution in [2.24, 2.45) is 0 Å². The van der Waals surface area contributed by atoms with Gasteiger partial charge in [-0.15, -0.1) is 0 Å². The number of hydrogen-bond donors (Lipinski definition) is 1. The second-order valence-corrected chi connectivity index (χ2v) is 3.83. The van der Waals surface area contributed by atoms with Gasteiger partial charge in [0.25, 0.3) is 0 Å². The minimum atomic E-state index is -1.15. The molecule has 1 rings (SSSR count). The lowest BCUT2D eigenvalue weighted by atomic mass is 10.2. The number of carbonyl (C=O) groups is 1. The molecule has 0 aliphatic heterocycles. The first kappa shape index (κ1) is 14.4. The molecule has 0 saturated carbocycles. The average Bonchev–Trinajstić information content (AvgIpc) is 2.36. The molecule has 0 spiro atoms. The van der Waals surface area contributed by atoms with Gasteiger partial charge in [-0.2, -0.15) is 0 Å². The van der Waals surface area contributed by atoms with Gasteiger partial charge in [0, 0.05) is 6.54 Å². The Labute approximate surface area is 106 Å². The van der Waals surface area contributed by atoms with E-state index in [4.69, 9.17) is 9.84 Å². The van der Waals surface area contributed by atoms with Crippen molar-refractivity contribution >= 4 is 5.97 Å². The van der Waals surface area contributed by atoms with Crippen molar-refractivity contribution in [2.75, 3.05) is 26.2 Å². The summed E-state index contributed by atoms with van der Waals surface area (Å²) in [6, 6.07) is 3.65. The van der Waals surface area contributed by atoms with Crippen LogP contribution in [-0.2, 0) is 0 Å². The van der Waals surface area contributed by atoms with Crippen LogP contribution in [0.1, 0.15) is 24.2 Å². The van der Waals surface area contributed by atoms with Crippen LogP contribution in [0, 0.1) is 5.82 Å². The Kier molecular flexibility index (Phi) is 5.58. The minimum Gasteiger partial charge on any atom is -0.489 e. The van der Waals surface area contributed by atoms with E-state index in [-0.39, 0.29) is 11.3 Å². The van der Waals surface area contributed by atoms with E-state index in [9.17, 15) is 9.18 Å². The van der Waals surface area contributed by atoms with Gasteiger partial charge in [0.1, 0.15) is 6.61 Å². The molecular weight excluding hydrogens is 237 g/mol. The van der Waals surface area contributed by atoms with Crippen LogP contribution in [0.3, 0.4) is 0 Å². The van der Waals surface area contributed by atoms with Crippen molar-refractivity contribution in [3.8, 4) is 5.75 Å². The zero-order chi connectivity index (χ0) is 13.5. The van der Waals surface area contributed by atoms with Crippen LogP contribution in [0.25, 0.3) is 0 Å². The lowest BCUT2D eigenvalue weighted by Gasteiger charge is -2.18. The Morgan fingerprint density at radius 1 is 1.39 bits per heavy atom. The van der Waals surface area contributed by atoms with Crippen molar-refractivity contribution in [3.63, 3.8) is 0 Å². The molecule has 0 heterocycles. The molecule has 0 bridgehead atoms. The average molecular weight is 255 g/mol. The topological polar surface area (TPSA) is 49.8 Å². The summed E-state index contributed by atoms with van der Waals surface area (Å²) in [5.74, 6) is -1.70. The number of aromatic carboxylic acids is 1. The predicted octanol–water partition coefficient (Wildman–Crippen LogP) is 2.24. The number of halogens is 1. The highest BCUT2D eigenvalue weighted by Gasteiger charge is 2.09. The Morgan fingerprint density at radius 3 is 2.56 bits per heavy atom. The second-order valence-electron chi connectivity index (χ2n) is 3.83. The Morgan fingerprint density at radius 2 is 2.06 bits per heavy atom. The number of carboxylic acids is 1. The third kappa shape index (κ3) is 4.00. The van der Waals surface area contributed by atoms with Gasteiger partial charge >= 0.3 is 5.97 Å². The molecule has 5 heteroatoms. The third-order valence-corrected chi connectivity index (χ3v) is 2.74. The van der Waals surface area contributed by atoms with Gasteiger partial charge in [-0.1, -0.05) is 13.8 Å². The van der Waals surface area contributed by atoms with Gasteiger partial charge in [-0.3, -0.25) is 0 Å². The molecule has 18 heavy (non-hydrogen) atoms. The summed E-state index contributed by atoms with van der Waals surface area (Å²) in [5.41, 5.74) is -0.0800. The molecule has 0 radical (unpaired) electrons. The van der Waals surface area contributed by atoms with Crippen LogP contribution >= 0.6 is 0 Å². The van der Waals surface area contributed by atoms with E-state index in [0.717, 1.165) is 19.2 Å². The standard InChI is InChI=1S/C13H18FNO3/c1-3-15(4-2)7-8-18-12-6-5-10(13(16)17)9-11(12)14/h5-6,9H,3-4,7-8H2,1-2H3,(H,16,17). The molecule has 0 aliphatic rings. The van der Waals surface area contributed by atoms with Gasteiger partial charge < -0.3 is 14.7 Å². The highest BCUT2D eigenvalue weighted by Crippen LogP contribution is 2.18. The summed E-state index contributed by atoms with van der Waals surface area (Å²) in [5, 5.41) is 8.70. The molecule has 1 N–H and O–H groups in total. The van der Waals surface area contributed by atoms with Crippen LogP contribution in [0.4, 0.5) is 4.39 Å². The van der Waals surface area contributed by atoms with Crippen LogP contribution in [0.5, 0.6) is 5.75 Å². The molecule has 1 aromatic carbocycles. The summed E-state index contributed by atoms with van der Waals surface area (Å²) >= 11 is 0. The van der Waals surface area contributed by atoms with E-state index < -0.39 is 11.8 Å². The minimum absolute atomic E-state index is 0.0800. The SMILES string of the molecule is CCN(CC)CCOc1ccc(C(=O)O)cc1F. The lowest BCUT2D eigenvalue weighted by molar-refractivity contribution is 0.0696. The summed E-state index contributed by atoms with van der Waals surface area (Å²) in [7, 11) is 0. The van der Waals surface area contributed by atoms with Gasteiger partial charge in [-0.05, 0) is 31.3 Å². The number of benzene rings is 1. The monoisotopic (exact) mass is 255 g/mol. The van der Waals surface area contributed by atoms with Crippen LogP contribution in [0.2, 0.25) is 0 Å². The number of likely N-dealkylation sites (N-methyl/N-ethyl adjacent to an activating group) is 1. The number of rotatable bonds is 7. The zero-order valence-corrected chi connectivity index (χ0v) is 10.6. The molecule has 0 atom stereocenters. The highest BCUT2D eigenvalue weighted by atomic mass is 19.1. The molecule has 0 unspecified atom stereocenters. The van der Waals surface area contributed by atoms with Gasteiger partial charge in [0.05, 0.1) is 5.56 Å². The number of hydrogen-bond acceptors (Lipinski definition) is 3. The molecule has 0 aliphatic carbocycles. The quantitative estimate of drug-likeness (QED) is 0.811. The van der Waals surface area contributed by atoms with E-state index >= 15 is 0 Å². The van der Waals surface area contributed by atoms with E-state index in [1.807, 2.05) is 13.8 Å². The molecule has 1 aromatic rings. The Bertz CT molecular complexity index is 405. The highest BCUT2D eigenvalue weighted by molar-refractivity contribution is 5.87. The van der Waals surface area contributed by atoms with Gasteiger partial charge in [-0.25, -0.2) is 9.18 Å². The van der Waals surface area contributed by atoms with Gasteiger partial charge in [0.2, 0.25) is 0 Å². The first-order valence-corrected chi connectivity index (χ1v) is 5.96. The van der Waals surface area contributed by atoms with Crippen LogP contribution in [-0.4, -0.2) is 42.2 Å². The second kappa shape index (κ2) is 6.96. The first-order chi connectivity index (χ1) is 8.58. The number of carboxylic acid groups (broad SMARTS) is 1. The van der Waals surface area contributed by atoms with E-state index in [1.54, 1.807) is 0 Å². The van der Waals surface area contributed by atoms with Crippen LogP contribution in [0.15, 0.2) is 18.2 Å². The van der Waals surface area contributed by atoms with Crippen LogP contribution < -0.4 is 4.74 Å². The Hall–Kier alpha value is -1.62. The summed E-state index contributed by atoms with van der Waals surface area (Å²) < 4.78 is 18.8. The molecule has 0 saturated heterocycles. The van der Waals surface area contributed by atoms with E-state index in [1.165, 1.54) is 12.1 Å². The fraction of sp³-hybridized carbons (Fsp3) is 0.462. The van der Waals surface area contributed by atoms with E-state index in [0.29, 0.717) is 13.2 Å². The molecule has 0 amide bonds. The summed E-state index contributed by atoms with van der Waals surface area (Å²) in [4.78, 5) is 12.8. The third-order valence-electron chi connectivity index (χ3n) is 2.74. The molecular formula is C13H18FNO3. The lowest BCUT2D eigenvalue weighted by Crippen LogP contribution is -2.28. The number of nitrogens with zero attached hydrogens (tertiary/aromatic N) is 1. The maximum atomic E-state index is 13.5. The van der Waals surface area contributed by atoms with Crippen molar-refractivity contribution in [3.05, 3.63) is 29.6 Å². The molecule has 100 valence electrons. The molecule has 0 aromatic heterocycles. The van der Waals surface area contributed by atoms with Crippen molar-refractivity contribution in [1.82, 2.24) is 4.90 Å². The zero-order valence-electron chi connectivity index (χ0n) is 10.6. The summed E-state index contributed by atoms with van der Waals surface area (Å²) in [6.45, 7) is 7.02. The largest absolute Gasteiger partial charge is 0.489 e. The van der Waals surface area contributed by atoms with Gasteiger partial charge in [0.15, 0.2) is 11.6 Å². The molecule has 4 nitrogen and oxygen atoms in total. The smallest absolute Gasteiger partial charge is 0.335 e. The Balaban J connectivity index is 2.55. The summed E-state index contributed by atoms with van der Waals surface area (Å²) in [6.07, 6.45) is 0. The normalized spacial score (nSPS) is 10.7. The van der Waals surface area contributed by atoms with Crippen molar-refractivity contribution in [1.29, 1.82) is 0 Å². The van der Waals surface area contributed by atoms with Crippen molar-refractivity contribution in [2.45, 2.75) is 13.8 Å². The number of ether oxygens (including phenoxy) is 1. The fourth-order valence-electron chi connectivity index (χ4n) is 1.58. The maximum absolute atomic E-state index is 13.5. The molecule has 0 fully saturated rings. The maximum Gasteiger partial charge on any atom is 0.335 e. The first-order valence-electron chi connectivity index (χ1n) is 5.96. The fourth-order valence-corrected chi connectivity index (χ4v) is 1.58. The van der Waals surface area contributed by atoms with Crippen molar-refractivity contribution < 1.29 is 19.0 Å². The predicted molar refractivity (Wildman–Crippen MR) is 66.6 cm³/mol. The van der Waals surface area contributed by atoms with E-state index in [2.05, 4.69) is 4.90 Å².